The zero-order valence-corrected chi connectivity index (χ0v) is 12.7. The van der Waals surface area contributed by atoms with E-state index in [4.69, 9.17) is 4.42 Å². The molecule has 4 aromatic rings. The molecule has 0 spiro atoms. The van der Waals surface area contributed by atoms with Gasteiger partial charge in [-0.05, 0) is 28.8 Å². The van der Waals surface area contributed by atoms with Gasteiger partial charge in [0.15, 0.2) is 12.0 Å². The molecule has 23 heavy (non-hydrogen) atoms. The van der Waals surface area contributed by atoms with E-state index in [9.17, 15) is 0 Å². The Morgan fingerprint density at radius 3 is 1.78 bits per heavy atom. The first kappa shape index (κ1) is 14.8. The summed E-state index contributed by atoms with van der Waals surface area (Å²) >= 11 is 0. The van der Waals surface area contributed by atoms with Crippen LogP contribution in [0.15, 0.2) is 102 Å². The van der Waals surface area contributed by atoms with Crippen molar-refractivity contribution in [2.45, 2.75) is 0 Å². The van der Waals surface area contributed by atoms with Crippen LogP contribution in [0.4, 0.5) is 0 Å². The molecule has 2 nitrogen and oxygen atoms in total. The van der Waals surface area contributed by atoms with E-state index in [-0.39, 0.29) is 0 Å². The molecule has 0 saturated carbocycles. The maximum atomic E-state index is 5.01. The highest BCUT2D eigenvalue weighted by molar-refractivity contribution is 5.77. The lowest BCUT2D eigenvalue weighted by Gasteiger charge is -2.04. The van der Waals surface area contributed by atoms with E-state index in [2.05, 4.69) is 35.8 Å². The predicted octanol–water partition coefficient (Wildman–Crippen LogP) is 5.58. The first-order valence-electron chi connectivity index (χ1n) is 7.42. The van der Waals surface area contributed by atoms with E-state index >= 15 is 0 Å². The number of rotatable bonds is 2. The summed E-state index contributed by atoms with van der Waals surface area (Å²) in [5, 5.41) is 0. The normalized spacial score (nSPS) is 9.91. The van der Waals surface area contributed by atoms with Crippen LogP contribution in [0, 0.1) is 0 Å². The van der Waals surface area contributed by atoms with Crippen molar-refractivity contribution in [1.82, 2.24) is 4.98 Å². The van der Waals surface area contributed by atoms with Gasteiger partial charge in [0.25, 0.3) is 0 Å². The third-order valence-corrected chi connectivity index (χ3v) is 3.48. The molecule has 0 aliphatic heterocycles. The summed E-state index contributed by atoms with van der Waals surface area (Å²) in [5.74, 6) is 0. The Bertz CT molecular complexity index is 808. The van der Waals surface area contributed by atoms with E-state index < -0.39 is 0 Å². The van der Waals surface area contributed by atoms with E-state index in [0.29, 0.717) is 0 Å². The molecule has 0 aliphatic carbocycles. The van der Waals surface area contributed by atoms with Crippen molar-refractivity contribution in [2.24, 2.45) is 0 Å². The summed E-state index contributed by atoms with van der Waals surface area (Å²) in [6.45, 7) is 4.10. The van der Waals surface area contributed by atoms with Crippen molar-refractivity contribution < 1.29 is 4.42 Å². The van der Waals surface area contributed by atoms with Crippen LogP contribution in [0.3, 0.4) is 0 Å². The number of benzene rings is 3. The molecule has 0 N–H and O–H groups in total. The van der Waals surface area contributed by atoms with Crippen LogP contribution in [0.1, 0.15) is 11.1 Å². The topological polar surface area (TPSA) is 26.0 Å². The van der Waals surface area contributed by atoms with Crippen LogP contribution in [-0.4, -0.2) is 4.98 Å². The lowest BCUT2D eigenvalue weighted by Crippen LogP contribution is -1.84. The van der Waals surface area contributed by atoms with Gasteiger partial charge in [0.05, 0.1) is 0 Å². The van der Waals surface area contributed by atoms with Crippen molar-refractivity contribution in [3.05, 3.63) is 109 Å². The van der Waals surface area contributed by atoms with Crippen LogP contribution in [0.5, 0.6) is 0 Å². The molecule has 2 heteroatoms. The largest absolute Gasteiger partial charge is 0.443 e. The van der Waals surface area contributed by atoms with Gasteiger partial charge >= 0.3 is 0 Å². The summed E-state index contributed by atoms with van der Waals surface area (Å²) in [5.41, 5.74) is 5.19. The third-order valence-electron chi connectivity index (χ3n) is 3.48. The molecule has 0 amide bonds. The second-order valence-corrected chi connectivity index (χ2v) is 5.03. The highest BCUT2D eigenvalue weighted by atomic mass is 16.3. The van der Waals surface area contributed by atoms with Gasteiger partial charge in [0.1, 0.15) is 5.52 Å². The van der Waals surface area contributed by atoms with Crippen molar-refractivity contribution in [3.63, 3.8) is 0 Å². The Hall–Kier alpha value is -3.13. The highest BCUT2D eigenvalue weighted by Crippen LogP contribution is 2.20. The molecule has 1 heterocycles. The van der Waals surface area contributed by atoms with Gasteiger partial charge in [-0.25, -0.2) is 4.98 Å². The first-order chi connectivity index (χ1) is 11.3. The maximum Gasteiger partial charge on any atom is 0.181 e. The quantitative estimate of drug-likeness (QED) is 0.483. The zero-order chi connectivity index (χ0) is 15.9. The van der Waals surface area contributed by atoms with Gasteiger partial charge in [-0.2, -0.15) is 0 Å². The van der Waals surface area contributed by atoms with Gasteiger partial charge < -0.3 is 4.42 Å². The smallest absolute Gasteiger partial charge is 0.181 e. The molecule has 3 aromatic carbocycles. The molecular weight excluding hydrogens is 282 g/mol. The summed E-state index contributed by atoms with van der Waals surface area (Å²) in [6.07, 6.45) is 1.45. The fourth-order valence-electron chi connectivity index (χ4n) is 2.25. The molecule has 112 valence electrons. The lowest BCUT2D eigenvalue weighted by molar-refractivity contribution is 0.602. The summed E-state index contributed by atoms with van der Waals surface area (Å²) < 4.78 is 5.01. The van der Waals surface area contributed by atoms with Crippen LogP contribution < -0.4 is 0 Å². The average Bonchev–Trinajstić information content (AvgIpc) is 3.12. The Morgan fingerprint density at radius 1 is 0.696 bits per heavy atom. The number of aromatic nitrogens is 1. The standard InChI is InChI=1S/C14H12.C7H5NO/c1-12(13-8-4-2-5-9-13)14-10-6-3-7-11-14;1-2-4-7-6(3-1)8-5-9-7/h2-11H,1H2;1-5H. The van der Waals surface area contributed by atoms with Gasteiger partial charge in [-0.3, -0.25) is 0 Å². The number of nitrogens with zero attached hydrogens (tertiary/aromatic N) is 1. The second-order valence-electron chi connectivity index (χ2n) is 5.03. The predicted molar refractivity (Wildman–Crippen MR) is 95.0 cm³/mol. The molecule has 0 atom stereocenters. The van der Waals surface area contributed by atoms with Gasteiger partial charge in [0.2, 0.25) is 0 Å². The molecule has 0 fully saturated rings. The molecule has 0 radical (unpaired) electrons. The van der Waals surface area contributed by atoms with E-state index in [1.165, 1.54) is 17.5 Å². The van der Waals surface area contributed by atoms with Gasteiger partial charge in [0, 0.05) is 0 Å². The van der Waals surface area contributed by atoms with Crippen LogP contribution in [0.2, 0.25) is 0 Å². The second kappa shape index (κ2) is 7.23. The van der Waals surface area contributed by atoms with Gasteiger partial charge in [-0.1, -0.05) is 79.4 Å². The van der Waals surface area contributed by atoms with Crippen LogP contribution in [0.25, 0.3) is 16.7 Å². The number of fused-ring (bicyclic) bond motifs is 1. The molecule has 0 bridgehead atoms. The van der Waals surface area contributed by atoms with Crippen LogP contribution >= 0.6 is 0 Å². The molecule has 0 saturated heterocycles. The summed E-state index contributed by atoms with van der Waals surface area (Å²) in [6, 6.07) is 28.1. The first-order valence-corrected chi connectivity index (χ1v) is 7.42. The Balaban J connectivity index is 0.000000149. The monoisotopic (exact) mass is 299 g/mol. The number of oxazole rings is 1. The molecule has 4 rings (SSSR count). The average molecular weight is 299 g/mol. The number of para-hydroxylation sites is 2. The van der Waals surface area contributed by atoms with Crippen molar-refractivity contribution in [1.29, 1.82) is 0 Å². The van der Waals surface area contributed by atoms with Crippen molar-refractivity contribution >= 4 is 16.7 Å². The minimum Gasteiger partial charge on any atom is -0.443 e. The SMILES string of the molecule is C=C(c1ccccc1)c1ccccc1.c1ccc2ocnc2c1. The van der Waals surface area contributed by atoms with E-state index in [0.717, 1.165) is 16.7 Å². The fraction of sp³-hybridized carbons (Fsp3) is 0. The summed E-state index contributed by atoms with van der Waals surface area (Å²) in [7, 11) is 0. The minimum absolute atomic E-state index is 0.845. The zero-order valence-electron chi connectivity index (χ0n) is 12.7. The number of hydrogen-bond acceptors (Lipinski definition) is 2. The fourth-order valence-corrected chi connectivity index (χ4v) is 2.25. The van der Waals surface area contributed by atoms with E-state index in [1.54, 1.807) is 0 Å². The molecule has 1 aromatic heterocycles. The molecule has 0 aliphatic rings. The van der Waals surface area contributed by atoms with Crippen molar-refractivity contribution in [3.8, 4) is 0 Å². The van der Waals surface area contributed by atoms with E-state index in [1.807, 2.05) is 60.7 Å². The summed E-state index contributed by atoms with van der Waals surface area (Å²) in [4.78, 5) is 3.95. The minimum atomic E-state index is 0.845. The molecule has 0 unspecified atom stereocenters. The third kappa shape index (κ3) is 3.74. The molecular formula is C21H17NO. The number of hydrogen-bond donors (Lipinski definition) is 0. The Kier molecular flexibility index (Phi) is 4.65. The highest BCUT2D eigenvalue weighted by Gasteiger charge is 1.99. The van der Waals surface area contributed by atoms with Gasteiger partial charge in [-0.15, -0.1) is 0 Å². The Morgan fingerprint density at radius 2 is 1.22 bits per heavy atom. The lowest BCUT2D eigenvalue weighted by atomic mass is 10.0. The van der Waals surface area contributed by atoms with Crippen molar-refractivity contribution in [2.75, 3.05) is 0 Å². The van der Waals surface area contributed by atoms with Crippen LogP contribution in [-0.2, 0) is 0 Å². The maximum absolute atomic E-state index is 5.01. The Labute approximate surface area is 135 Å².